The van der Waals surface area contributed by atoms with E-state index in [4.69, 9.17) is 9.47 Å². The number of pyridine rings is 1. The van der Waals surface area contributed by atoms with Gasteiger partial charge in [0, 0.05) is 17.5 Å². The van der Waals surface area contributed by atoms with Crippen LogP contribution in [0.3, 0.4) is 0 Å². The fourth-order valence-electron chi connectivity index (χ4n) is 3.44. The molecule has 1 amide bonds. The van der Waals surface area contributed by atoms with E-state index in [9.17, 15) is 14.4 Å². The number of ether oxygens (including phenoxy) is 2. The van der Waals surface area contributed by atoms with E-state index in [0.29, 0.717) is 22.3 Å². The van der Waals surface area contributed by atoms with Gasteiger partial charge in [0.25, 0.3) is 5.91 Å². The zero-order chi connectivity index (χ0) is 23.1. The molecule has 7 nitrogen and oxygen atoms in total. The monoisotopic (exact) mass is 434 g/mol. The van der Waals surface area contributed by atoms with Crippen molar-refractivity contribution >= 4 is 28.7 Å². The molecule has 32 heavy (non-hydrogen) atoms. The first kappa shape index (κ1) is 22.9. The molecule has 1 heterocycles. The highest BCUT2D eigenvalue weighted by atomic mass is 16.5. The van der Waals surface area contributed by atoms with Gasteiger partial charge < -0.3 is 14.8 Å². The van der Waals surface area contributed by atoms with Crippen LogP contribution in [-0.2, 0) is 20.9 Å². The summed E-state index contributed by atoms with van der Waals surface area (Å²) in [5.41, 5.74) is 3.51. The van der Waals surface area contributed by atoms with Crippen molar-refractivity contribution in [1.82, 2.24) is 10.3 Å². The molecule has 166 valence electrons. The predicted molar refractivity (Wildman–Crippen MR) is 120 cm³/mol. The van der Waals surface area contributed by atoms with Gasteiger partial charge in [-0.2, -0.15) is 0 Å². The first-order valence-corrected chi connectivity index (χ1v) is 10.5. The van der Waals surface area contributed by atoms with E-state index in [1.54, 1.807) is 19.1 Å². The van der Waals surface area contributed by atoms with Crippen LogP contribution in [0.2, 0.25) is 0 Å². The number of hydrogen-bond donors (Lipinski definition) is 1. The molecule has 0 saturated heterocycles. The maximum absolute atomic E-state index is 12.5. The number of benzene rings is 2. The molecule has 3 rings (SSSR count). The number of fused-ring (bicyclic) bond motifs is 1. The molecule has 0 fully saturated rings. The van der Waals surface area contributed by atoms with Gasteiger partial charge in [0.05, 0.1) is 29.8 Å². The topological polar surface area (TPSA) is 94.6 Å². The third-order valence-corrected chi connectivity index (χ3v) is 5.08. The van der Waals surface area contributed by atoms with Crippen molar-refractivity contribution in [3.05, 3.63) is 76.5 Å². The summed E-state index contributed by atoms with van der Waals surface area (Å²) < 4.78 is 10.5. The second-order valence-electron chi connectivity index (χ2n) is 7.28. The van der Waals surface area contributed by atoms with Crippen LogP contribution in [0.4, 0.5) is 0 Å². The maximum atomic E-state index is 12.5. The smallest absolute Gasteiger partial charge is 0.340 e. The summed E-state index contributed by atoms with van der Waals surface area (Å²) in [4.78, 5) is 41.5. The van der Waals surface area contributed by atoms with Gasteiger partial charge in [-0.1, -0.05) is 36.4 Å². The standard InChI is InChI=1S/C25H26N2O5/c1-4-31-25(30)23-17(3)19-11-7-8-12-20(19)27-21(23)15-32-22(28)13-14-26-24(29)18-10-6-5-9-16(18)2/h5-12H,4,13-15H2,1-3H3,(H,26,29). The molecular weight excluding hydrogens is 408 g/mol. The third-order valence-electron chi connectivity index (χ3n) is 5.08. The van der Waals surface area contributed by atoms with Gasteiger partial charge in [-0.25, -0.2) is 9.78 Å². The van der Waals surface area contributed by atoms with Crippen molar-refractivity contribution in [2.45, 2.75) is 33.8 Å². The highest BCUT2D eigenvalue weighted by Crippen LogP contribution is 2.24. The molecule has 0 spiro atoms. The zero-order valence-corrected chi connectivity index (χ0v) is 18.4. The second-order valence-corrected chi connectivity index (χ2v) is 7.28. The Balaban J connectivity index is 1.65. The quantitative estimate of drug-likeness (QED) is 0.541. The van der Waals surface area contributed by atoms with Crippen molar-refractivity contribution in [1.29, 1.82) is 0 Å². The number of hydrogen-bond acceptors (Lipinski definition) is 6. The highest BCUT2D eigenvalue weighted by Gasteiger charge is 2.21. The lowest BCUT2D eigenvalue weighted by molar-refractivity contribution is -0.144. The van der Waals surface area contributed by atoms with Gasteiger partial charge in [0.15, 0.2) is 0 Å². The Morgan fingerprint density at radius 2 is 1.69 bits per heavy atom. The lowest BCUT2D eigenvalue weighted by Gasteiger charge is -2.14. The Bertz CT molecular complexity index is 1160. The molecule has 0 saturated carbocycles. The van der Waals surface area contributed by atoms with E-state index in [-0.39, 0.29) is 32.1 Å². The lowest BCUT2D eigenvalue weighted by Crippen LogP contribution is -2.27. The summed E-state index contributed by atoms with van der Waals surface area (Å²) in [7, 11) is 0. The van der Waals surface area contributed by atoms with Crippen molar-refractivity contribution in [2.75, 3.05) is 13.2 Å². The van der Waals surface area contributed by atoms with Gasteiger partial charge in [0.1, 0.15) is 6.61 Å². The first-order chi connectivity index (χ1) is 15.4. The van der Waals surface area contributed by atoms with E-state index in [1.165, 1.54) is 0 Å². The van der Waals surface area contributed by atoms with E-state index in [0.717, 1.165) is 16.5 Å². The van der Waals surface area contributed by atoms with E-state index in [2.05, 4.69) is 10.3 Å². The predicted octanol–water partition coefficient (Wildman–Crippen LogP) is 3.89. The number of amides is 1. The molecule has 0 radical (unpaired) electrons. The molecule has 1 aromatic heterocycles. The summed E-state index contributed by atoms with van der Waals surface area (Å²) in [6, 6.07) is 14.7. The number of rotatable bonds is 8. The lowest BCUT2D eigenvalue weighted by atomic mass is 10.0. The molecule has 0 atom stereocenters. The number of nitrogens with one attached hydrogen (secondary N) is 1. The van der Waals surface area contributed by atoms with Crippen molar-refractivity contribution in [3.63, 3.8) is 0 Å². The van der Waals surface area contributed by atoms with Gasteiger partial charge in [0.2, 0.25) is 0 Å². The summed E-state index contributed by atoms with van der Waals surface area (Å²) in [5, 5.41) is 3.56. The molecule has 0 aliphatic heterocycles. The van der Waals surface area contributed by atoms with Gasteiger partial charge >= 0.3 is 11.9 Å². The molecule has 2 aromatic carbocycles. The minimum atomic E-state index is -0.502. The van der Waals surface area contributed by atoms with Crippen LogP contribution < -0.4 is 5.32 Å². The zero-order valence-electron chi connectivity index (χ0n) is 18.4. The molecule has 0 unspecified atom stereocenters. The largest absolute Gasteiger partial charge is 0.462 e. The summed E-state index contributed by atoms with van der Waals surface area (Å²) in [6.45, 7) is 5.61. The minimum Gasteiger partial charge on any atom is -0.462 e. The Morgan fingerprint density at radius 1 is 0.969 bits per heavy atom. The van der Waals surface area contributed by atoms with Crippen molar-refractivity contribution in [3.8, 4) is 0 Å². The fourth-order valence-corrected chi connectivity index (χ4v) is 3.44. The Labute approximate surface area is 186 Å². The number of carbonyl (C=O) groups is 3. The van der Waals surface area contributed by atoms with Crippen LogP contribution in [0.5, 0.6) is 0 Å². The molecule has 1 N–H and O–H groups in total. The van der Waals surface area contributed by atoms with Crippen LogP contribution in [0.25, 0.3) is 10.9 Å². The Morgan fingerprint density at radius 3 is 2.44 bits per heavy atom. The van der Waals surface area contributed by atoms with Gasteiger partial charge in [-0.3, -0.25) is 9.59 Å². The molecule has 0 bridgehead atoms. The SMILES string of the molecule is CCOC(=O)c1c(COC(=O)CCNC(=O)c2ccccc2C)nc2ccccc2c1C. The number of para-hydroxylation sites is 1. The molecule has 3 aromatic rings. The first-order valence-electron chi connectivity index (χ1n) is 10.5. The number of aryl methyl sites for hydroxylation is 2. The molecular formula is C25H26N2O5. The van der Waals surface area contributed by atoms with Gasteiger partial charge in [-0.05, 0) is 44.0 Å². The van der Waals surface area contributed by atoms with Crippen LogP contribution in [0.1, 0.15) is 50.9 Å². The number of esters is 2. The fraction of sp³-hybridized carbons (Fsp3) is 0.280. The van der Waals surface area contributed by atoms with E-state index < -0.39 is 11.9 Å². The second kappa shape index (κ2) is 10.5. The van der Waals surface area contributed by atoms with Crippen molar-refractivity contribution in [2.24, 2.45) is 0 Å². The Kier molecular flexibility index (Phi) is 7.54. The van der Waals surface area contributed by atoms with Crippen LogP contribution >= 0.6 is 0 Å². The van der Waals surface area contributed by atoms with Crippen LogP contribution in [0, 0.1) is 13.8 Å². The Hall–Kier alpha value is -3.74. The van der Waals surface area contributed by atoms with Crippen LogP contribution in [-0.4, -0.2) is 36.0 Å². The maximum Gasteiger partial charge on any atom is 0.340 e. The highest BCUT2D eigenvalue weighted by molar-refractivity contribution is 5.98. The average molecular weight is 434 g/mol. The summed E-state index contributed by atoms with van der Waals surface area (Å²) in [5.74, 6) is -1.25. The minimum absolute atomic E-state index is 0.00107. The van der Waals surface area contributed by atoms with Crippen molar-refractivity contribution < 1.29 is 23.9 Å². The number of carbonyl (C=O) groups excluding carboxylic acids is 3. The van der Waals surface area contributed by atoms with E-state index in [1.807, 2.05) is 50.2 Å². The summed E-state index contributed by atoms with van der Waals surface area (Å²) in [6.07, 6.45) is -0.00107. The normalized spacial score (nSPS) is 10.6. The van der Waals surface area contributed by atoms with Crippen LogP contribution in [0.15, 0.2) is 48.5 Å². The van der Waals surface area contributed by atoms with Gasteiger partial charge in [-0.15, -0.1) is 0 Å². The van der Waals surface area contributed by atoms with E-state index >= 15 is 0 Å². The average Bonchev–Trinajstić information content (AvgIpc) is 2.78. The molecule has 0 aliphatic rings. The summed E-state index contributed by atoms with van der Waals surface area (Å²) >= 11 is 0. The third kappa shape index (κ3) is 5.29. The number of nitrogens with zero attached hydrogens (tertiary/aromatic N) is 1. The molecule has 0 aliphatic carbocycles. The molecule has 7 heteroatoms. The number of aromatic nitrogens is 1.